The van der Waals surface area contributed by atoms with Crippen LogP contribution in [0.25, 0.3) is 0 Å². The van der Waals surface area contributed by atoms with Gasteiger partial charge in [0.25, 0.3) is 0 Å². The van der Waals surface area contributed by atoms with Crippen molar-refractivity contribution >= 4 is 0 Å². The molecular formula is C15H25NO. The Morgan fingerprint density at radius 2 is 1.71 bits per heavy atom. The zero-order valence-corrected chi connectivity index (χ0v) is 11.5. The highest BCUT2D eigenvalue weighted by atomic mass is 16.5. The van der Waals surface area contributed by atoms with E-state index in [-0.39, 0.29) is 6.04 Å². The highest BCUT2D eigenvalue weighted by Gasteiger charge is 2.12. The van der Waals surface area contributed by atoms with Crippen molar-refractivity contribution < 1.29 is 4.74 Å². The molecule has 0 saturated carbocycles. The number of ether oxygens (including phenoxy) is 1. The van der Waals surface area contributed by atoms with E-state index >= 15 is 0 Å². The average Bonchev–Trinajstić information content (AvgIpc) is 2.25. The minimum absolute atomic E-state index is 0.153. The van der Waals surface area contributed by atoms with Gasteiger partial charge in [-0.05, 0) is 55.5 Å². The standard InChI is InChI=1S/C15H25NO/c1-5-7-14(16)15-11(3)9-13(10-12(15)4)17-8-6-2/h9-10,14H,5-8,16H2,1-4H3. The number of nitrogens with two attached hydrogens (primary N) is 1. The predicted molar refractivity (Wildman–Crippen MR) is 73.5 cm³/mol. The normalized spacial score (nSPS) is 12.5. The van der Waals surface area contributed by atoms with Gasteiger partial charge in [0, 0.05) is 6.04 Å². The fourth-order valence-corrected chi connectivity index (χ4v) is 2.28. The van der Waals surface area contributed by atoms with Crippen molar-refractivity contribution in [2.24, 2.45) is 5.73 Å². The van der Waals surface area contributed by atoms with Gasteiger partial charge in [0.05, 0.1) is 6.61 Å². The van der Waals surface area contributed by atoms with Gasteiger partial charge < -0.3 is 10.5 Å². The van der Waals surface area contributed by atoms with Crippen LogP contribution in [0.2, 0.25) is 0 Å². The molecule has 0 aliphatic carbocycles. The first-order valence-corrected chi connectivity index (χ1v) is 6.59. The van der Waals surface area contributed by atoms with Crippen molar-refractivity contribution in [3.8, 4) is 5.75 Å². The van der Waals surface area contributed by atoms with Gasteiger partial charge in [-0.15, -0.1) is 0 Å². The van der Waals surface area contributed by atoms with E-state index in [0.29, 0.717) is 0 Å². The average molecular weight is 235 g/mol. The highest BCUT2D eigenvalue weighted by Crippen LogP contribution is 2.28. The summed E-state index contributed by atoms with van der Waals surface area (Å²) in [6, 6.07) is 4.36. The van der Waals surface area contributed by atoms with Crippen LogP contribution in [0.5, 0.6) is 5.75 Å². The van der Waals surface area contributed by atoms with Crippen LogP contribution in [-0.4, -0.2) is 6.61 Å². The second kappa shape index (κ2) is 6.65. The van der Waals surface area contributed by atoms with Crippen molar-refractivity contribution in [3.05, 3.63) is 28.8 Å². The molecule has 1 aromatic rings. The summed E-state index contributed by atoms with van der Waals surface area (Å²) in [5, 5.41) is 0. The Hall–Kier alpha value is -1.02. The lowest BCUT2D eigenvalue weighted by atomic mass is 9.94. The molecule has 0 bridgehead atoms. The maximum absolute atomic E-state index is 6.22. The first-order valence-electron chi connectivity index (χ1n) is 6.59. The van der Waals surface area contributed by atoms with Gasteiger partial charge in [-0.3, -0.25) is 0 Å². The molecule has 0 amide bonds. The van der Waals surface area contributed by atoms with Crippen molar-refractivity contribution in [1.82, 2.24) is 0 Å². The summed E-state index contributed by atoms with van der Waals surface area (Å²) in [5.41, 5.74) is 10.00. The number of hydrogen-bond donors (Lipinski definition) is 1. The lowest BCUT2D eigenvalue weighted by Crippen LogP contribution is -2.13. The van der Waals surface area contributed by atoms with Crippen LogP contribution in [-0.2, 0) is 0 Å². The van der Waals surface area contributed by atoms with Crippen molar-refractivity contribution in [3.63, 3.8) is 0 Å². The molecule has 0 aliphatic rings. The second-order valence-corrected chi connectivity index (χ2v) is 4.71. The molecule has 0 fully saturated rings. The fourth-order valence-electron chi connectivity index (χ4n) is 2.28. The molecule has 0 aliphatic heterocycles. The molecule has 1 aromatic carbocycles. The van der Waals surface area contributed by atoms with E-state index in [1.807, 2.05) is 0 Å². The molecule has 0 heterocycles. The maximum Gasteiger partial charge on any atom is 0.119 e. The zero-order valence-electron chi connectivity index (χ0n) is 11.5. The Morgan fingerprint density at radius 1 is 1.12 bits per heavy atom. The molecule has 2 heteroatoms. The summed E-state index contributed by atoms with van der Waals surface area (Å²) >= 11 is 0. The third-order valence-electron chi connectivity index (χ3n) is 3.01. The van der Waals surface area contributed by atoms with Gasteiger partial charge in [-0.1, -0.05) is 20.3 Å². The summed E-state index contributed by atoms with van der Waals surface area (Å²) < 4.78 is 5.67. The Bertz CT molecular complexity index is 337. The van der Waals surface area contributed by atoms with E-state index < -0.39 is 0 Å². The number of hydrogen-bond acceptors (Lipinski definition) is 2. The molecule has 96 valence electrons. The molecule has 0 aromatic heterocycles. The van der Waals surface area contributed by atoms with Crippen molar-refractivity contribution in [2.45, 2.75) is 53.0 Å². The quantitative estimate of drug-likeness (QED) is 0.811. The summed E-state index contributed by atoms with van der Waals surface area (Å²) in [6.45, 7) is 9.31. The van der Waals surface area contributed by atoms with Gasteiger partial charge in [-0.25, -0.2) is 0 Å². The largest absolute Gasteiger partial charge is 0.494 e. The van der Waals surface area contributed by atoms with E-state index in [4.69, 9.17) is 10.5 Å². The molecule has 2 nitrogen and oxygen atoms in total. The molecule has 1 unspecified atom stereocenters. The number of aryl methyl sites for hydroxylation is 2. The molecular weight excluding hydrogens is 210 g/mol. The van der Waals surface area contributed by atoms with Crippen molar-refractivity contribution in [2.75, 3.05) is 6.61 Å². The summed E-state index contributed by atoms with van der Waals surface area (Å²) in [6.07, 6.45) is 3.19. The van der Waals surface area contributed by atoms with E-state index in [1.165, 1.54) is 16.7 Å². The van der Waals surface area contributed by atoms with E-state index in [0.717, 1.165) is 31.6 Å². The van der Waals surface area contributed by atoms with Gasteiger partial charge in [0.15, 0.2) is 0 Å². The minimum atomic E-state index is 0.153. The third-order valence-corrected chi connectivity index (χ3v) is 3.01. The Labute approximate surface area is 105 Å². The van der Waals surface area contributed by atoms with E-state index in [9.17, 15) is 0 Å². The summed E-state index contributed by atoms with van der Waals surface area (Å²) in [4.78, 5) is 0. The van der Waals surface area contributed by atoms with E-state index in [2.05, 4.69) is 39.8 Å². The first-order chi connectivity index (χ1) is 8.10. The first kappa shape index (κ1) is 14.0. The van der Waals surface area contributed by atoms with Crippen LogP contribution < -0.4 is 10.5 Å². The lowest BCUT2D eigenvalue weighted by molar-refractivity contribution is 0.317. The molecule has 0 radical (unpaired) electrons. The Morgan fingerprint density at radius 3 is 2.18 bits per heavy atom. The second-order valence-electron chi connectivity index (χ2n) is 4.71. The van der Waals surface area contributed by atoms with Crippen LogP contribution in [0.15, 0.2) is 12.1 Å². The van der Waals surface area contributed by atoms with E-state index in [1.54, 1.807) is 0 Å². The topological polar surface area (TPSA) is 35.2 Å². The maximum atomic E-state index is 6.22. The van der Waals surface area contributed by atoms with Crippen LogP contribution in [0, 0.1) is 13.8 Å². The van der Waals surface area contributed by atoms with Crippen LogP contribution in [0.1, 0.15) is 55.8 Å². The van der Waals surface area contributed by atoms with Crippen LogP contribution in [0.3, 0.4) is 0 Å². The van der Waals surface area contributed by atoms with Gasteiger partial charge in [0.1, 0.15) is 5.75 Å². The predicted octanol–water partition coefficient (Wildman–Crippen LogP) is 3.89. The SMILES string of the molecule is CCCOc1cc(C)c(C(N)CCC)c(C)c1. The van der Waals surface area contributed by atoms with Gasteiger partial charge in [0.2, 0.25) is 0 Å². The molecule has 1 atom stereocenters. The minimum Gasteiger partial charge on any atom is -0.494 e. The Balaban J connectivity index is 2.93. The smallest absolute Gasteiger partial charge is 0.119 e. The number of benzene rings is 1. The Kier molecular flexibility index (Phi) is 5.49. The summed E-state index contributed by atoms with van der Waals surface area (Å²) in [7, 11) is 0. The molecule has 1 rings (SSSR count). The zero-order chi connectivity index (χ0) is 12.8. The van der Waals surface area contributed by atoms with Crippen molar-refractivity contribution in [1.29, 1.82) is 0 Å². The molecule has 2 N–H and O–H groups in total. The third kappa shape index (κ3) is 3.74. The van der Waals surface area contributed by atoms with Crippen LogP contribution >= 0.6 is 0 Å². The highest BCUT2D eigenvalue weighted by molar-refractivity contribution is 5.42. The van der Waals surface area contributed by atoms with Gasteiger partial charge >= 0.3 is 0 Å². The molecule has 0 saturated heterocycles. The summed E-state index contributed by atoms with van der Waals surface area (Å²) in [5.74, 6) is 0.967. The fraction of sp³-hybridized carbons (Fsp3) is 0.600. The molecule has 0 spiro atoms. The van der Waals surface area contributed by atoms with Gasteiger partial charge in [-0.2, -0.15) is 0 Å². The molecule has 17 heavy (non-hydrogen) atoms. The lowest BCUT2D eigenvalue weighted by Gasteiger charge is -2.18. The van der Waals surface area contributed by atoms with Crippen LogP contribution in [0.4, 0.5) is 0 Å². The number of rotatable bonds is 6. The monoisotopic (exact) mass is 235 g/mol.